The maximum atomic E-state index is 5.67. The van der Waals surface area contributed by atoms with Gasteiger partial charge in [-0.1, -0.05) is 12.1 Å². The fraction of sp³-hybridized carbons (Fsp3) is 0.625. The van der Waals surface area contributed by atoms with Gasteiger partial charge in [0, 0.05) is 18.6 Å². The molecule has 3 nitrogen and oxygen atoms in total. The Bertz CT molecular complexity index is 388. The van der Waals surface area contributed by atoms with Gasteiger partial charge in [-0.15, -0.1) is 0 Å². The Balaban J connectivity index is 1.90. The van der Waals surface area contributed by atoms with Crippen molar-refractivity contribution in [2.75, 3.05) is 20.1 Å². The number of hydrogen-bond acceptors (Lipinski definition) is 3. The molecule has 3 heteroatoms. The maximum Gasteiger partial charge on any atom is 0.119 e. The van der Waals surface area contributed by atoms with Gasteiger partial charge in [-0.3, -0.25) is 0 Å². The molecular weight excluding hydrogens is 236 g/mol. The summed E-state index contributed by atoms with van der Waals surface area (Å²) in [6.07, 6.45) is 1.48. The molecular formula is C16H26N2O. The first kappa shape index (κ1) is 14.4. The van der Waals surface area contributed by atoms with Crippen molar-refractivity contribution < 1.29 is 4.74 Å². The molecule has 106 valence electrons. The van der Waals surface area contributed by atoms with Crippen molar-refractivity contribution in [1.82, 2.24) is 10.2 Å². The molecule has 0 radical (unpaired) electrons. The molecule has 1 heterocycles. The van der Waals surface area contributed by atoms with Gasteiger partial charge in [-0.2, -0.15) is 0 Å². The average molecular weight is 262 g/mol. The number of nitrogens with zero attached hydrogens (tertiary/aromatic N) is 1. The topological polar surface area (TPSA) is 24.5 Å². The summed E-state index contributed by atoms with van der Waals surface area (Å²) in [4.78, 5) is 2.38. The lowest BCUT2D eigenvalue weighted by molar-refractivity contribution is 0.242. The fourth-order valence-electron chi connectivity index (χ4n) is 2.63. The second kappa shape index (κ2) is 6.40. The van der Waals surface area contributed by atoms with E-state index < -0.39 is 0 Å². The van der Waals surface area contributed by atoms with E-state index in [4.69, 9.17) is 4.74 Å². The van der Waals surface area contributed by atoms with Crippen molar-refractivity contribution in [1.29, 1.82) is 0 Å². The van der Waals surface area contributed by atoms with Gasteiger partial charge in [0.05, 0.1) is 6.10 Å². The summed E-state index contributed by atoms with van der Waals surface area (Å²) in [5.74, 6) is 0.951. The lowest BCUT2D eigenvalue weighted by Gasteiger charge is -2.20. The molecule has 0 bridgehead atoms. The Labute approximate surface area is 116 Å². The second-order valence-electron chi connectivity index (χ2n) is 5.87. The normalized spacial score (nSPS) is 21.8. The van der Waals surface area contributed by atoms with Crippen LogP contribution in [0.3, 0.4) is 0 Å². The molecule has 19 heavy (non-hydrogen) atoms. The molecule has 2 atom stereocenters. The number of likely N-dealkylation sites (N-methyl/N-ethyl adjacent to an activating group) is 1. The lowest BCUT2D eigenvalue weighted by atomic mass is 10.1. The third-order valence-corrected chi connectivity index (χ3v) is 3.63. The summed E-state index contributed by atoms with van der Waals surface area (Å²) < 4.78 is 5.67. The molecule has 1 fully saturated rings. The van der Waals surface area contributed by atoms with E-state index in [-0.39, 0.29) is 6.10 Å². The van der Waals surface area contributed by atoms with Crippen LogP contribution in [0.15, 0.2) is 24.3 Å². The van der Waals surface area contributed by atoms with Crippen LogP contribution in [-0.2, 0) is 0 Å². The van der Waals surface area contributed by atoms with E-state index in [1.165, 1.54) is 18.5 Å². The van der Waals surface area contributed by atoms with E-state index in [9.17, 15) is 0 Å². The first-order valence-corrected chi connectivity index (χ1v) is 7.26. The average Bonchev–Trinajstić information content (AvgIpc) is 2.75. The predicted octanol–water partition coefficient (Wildman–Crippen LogP) is 2.83. The van der Waals surface area contributed by atoms with Crippen molar-refractivity contribution in [3.05, 3.63) is 29.8 Å². The Hall–Kier alpha value is -1.06. The maximum absolute atomic E-state index is 5.67. The molecule has 0 aliphatic carbocycles. The molecule has 2 rings (SSSR count). The first-order chi connectivity index (χ1) is 9.04. The van der Waals surface area contributed by atoms with E-state index in [1.807, 2.05) is 0 Å². The summed E-state index contributed by atoms with van der Waals surface area (Å²) in [6.45, 7) is 8.68. The highest BCUT2D eigenvalue weighted by atomic mass is 16.5. The molecule has 1 aliphatic rings. The molecule has 0 amide bonds. The number of hydrogen-bond donors (Lipinski definition) is 1. The molecule has 1 N–H and O–H groups in total. The van der Waals surface area contributed by atoms with E-state index in [1.54, 1.807) is 0 Å². The van der Waals surface area contributed by atoms with Crippen molar-refractivity contribution in [2.45, 2.75) is 45.4 Å². The minimum absolute atomic E-state index is 0.232. The van der Waals surface area contributed by atoms with Crippen LogP contribution in [0, 0.1) is 0 Å². The molecule has 2 unspecified atom stereocenters. The van der Waals surface area contributed by atoms with Gasteiger partial charge in [-0.25, -0.2) is 0 Å². The van der Waals surface area contributed by atoms with Gasteiger partial charge in [0.25, 0.3) is 0 Å². The predicted molar refractivity (Wildman–Crippen MR) is 79.7 cm³/mol. The standard InChI is InChI=1S/C16H26N2O/c1-12(2)19-16-7-5-14(6-8-16)13(3)17-15-9-10-18(4)11-15/h5-8,12-13,15,17H,9-11H2,1-4H3. The number of ether oxygens (including phenoxy) is 1. The van der Waals surface area contributed by atoms with Crippen molar-refractivity contribution >= 4 is 0 Å². The lowest BCUT2D eigenvalue weighted by Crippen LogP contribution is -2.33. The molecule has 0 aromatic heterocycles. The third-order valence-electron chi connectivity index (χ3n) is 3.63. The van der Waals surface area contributed by atoms with Crippen LogP contribution in [-0.4, -0.2) is 37.2 Å². The summed E-state index contributed by atoms with van der Waals surface area (Å²) in [7, 11) is 2.18. The molecule has 1 aromatic rings. The van der Waals surface area contributed by atoms with Crippen LogP contribution in [0.1, 0.15) is 38.8 Å². The third kappa shape index (κ3) is 4.22. The zero-order chi connectivity index (χ0) is 13.8. The smallest absolute Gasteiger partial charge is 0.119 e. The number of rotatable bonds is 5. The van der Waals surface area contributed by atoms with Gasteiger partial charge in [-0.05, 0) is 58.5 Å². The van der Waals surface area contributed by atoms with Gasteiger partial charge >= 0.3 is 0 Å². The number of likely N-dealkylation sites (tertiary alicyclic amines) is 1. The Morgan fingerprint density at radius 1 is 1.21 bits per heavy atom. The highest BCUT2D eigenvalue weighted by Gasteiger charge is 2.21. The largest absolute Gasteiger partial charge is 0.491 e. The summed E-state index contributed by atoms with van der Waals surface area (Å²) >= 11 is 0. The van der Waals surface area contributed by atoms with Gasteiger partial charge in [0.1, 0.15) is 5.75 Å². The van der Waals surface area contributed by atoms with Crippen molar-refractivity contribution in [2.24, 2.45) is 0 Å². The number of nitrogens with one attached hydrogen (secondary N) is 1. The highest BCUT2D eigenvalue weighted by molar-refractivity contribution is 5.29. The van der Waals surface area contributed by atoms with E-state index in [0.717, 1.165) is 12.3 Å². The van der Waals surface area contributed by atoms with Gasteiger partial charge in [0.2, 0.25) is 0 Å². The minimum atomic E-state index is 0.232. The van der Waals surface area contributed by atoms with E-state index in [2.05, 4.69) is 62.3 Å². The second-order valence-corrected chi connectivity index (χ2v) is 5.87. The van der Waals surface area contributed by atoms with Crippen LogP contribution >= 0.6 is 0 Å². The molecule has 0 saturated carbocycles. The first-order valence-electron chi connectivity index (χ1n) is 7.26. The quantitative estimate of drug-likeness (QED) is 0.883. The minimum Gasteiger partial charge on any atom is -0.491 e. The summed E-state index contributed by atoms with van der Waals surface area (Å²) in [6, 6.07) is 9.46. The number of benzene rings is 1. The molecule has 0 spiro atoms. The zero-order valence-electron chi connectivity index (χ0n) is 12.5. The zero-order valence-corrected chi connectivity index (χ0v) is 12.5. The summed E-state index contributed by atoms with van der Waals surface area (Å²) in [5, 5.41) is 3.70. The summed E-state index contributed by atoms with van der Waals surface area (Å²) in [5.41, 5.74) is 1.32. The SMILES string of the molecule is CC(C)Oc1ccc(C(C)NC2CCN(C)C2)cc1. The van der Waals surface area contributed by atoms with E-state index in [0.29, 0.717) is 12.1 Å². The van der Waals surface area contributed by atoms with Crippen LogP contribution in [0.4, 0.5) is 0 Å². The Morgan fingerprint density at radius 3 is 2.42 bits per heavy atom. The van der Waals surface area contributed by atoms with Crippen LogP contribution in [0.25, 0.3) is 0 Å². The monoisotopic (exact) mass is 262 g/mol. The fourth-order valence-corrected chi connectivity index (χ4v) is 2.63. The van der Waals surface area contributed by atoms with Crippen molar-refractivity contribution in [3.63, 3.8) is 0 Å². The van der Waals surface area contributed by atoms with Crippen LogP contribution in [0.2, 0.25) is 0 Å². The molecule has 1 aliphatic heterocycles. The van der Waals surface area contributed by atoms with Gasteiger partial charge in [0.15, 0.2) is 0 Å². The van der Waals surface area contributed by atoms with Gasteiger partial charge < -0.3 is 15.0 Å². The molecule has 1 saturated heterocycles. The van der Waals surface area contributed by atoms with E-state index >= 15 is 0 Å². The van der Waals surface area contributed by atoms with Crippen LogP contribution < -0.4 is 10.1 Å². The highest BCUT2D eigenvalue weighted by Crippen LogP contribution is 2.20. The Morgan fingerprint density at radius 2 is 1.89 bits per heavy atom. The van der Waals surface area contributed by atoms with Crippen molar-refractivity contribution in [3.8, 4) is 5.75 Å². The Kier molecular flexibility index (Phi) is 4.83. The molecule has 1 aromatic carbocycles. The van der Waals surface area contributed by atoms with Crippen LogP contribution in [0.5, 0.6) is 5.75 Å².